The fourth-order valence-corrected chi connectivity index (χ4v) is 3.80. The summed E-state index contributed by atoms with van der Waals surface area (Å²) < 4.78 is 16.4. The largest absolute Gasteiger partial charge is 0.493 e. The Morgan fingerprint density at radius 3 is 2.28 bits per heavy atom. The highest BCUT2D eigenvalue weighted by Crippen LogP contribution is 2.35. The minimum atomic E-state index is -0.630. The molecule has 182 valence electrons. The van der Waals surface area contributed by atoms with Gasteiger partial charge in [-0.1, -0.05) is 18.2 Å². The predicted molar refractivity (Wildman–Crippen MR) is 142 cm³/mol. The van der Waals surface area contributed by atoms with E-state index in [1.807, 2.05) is 28.7 Å². The Morgan fingerprint density at radius 2 is 1.67 bits per heavy atom. The first-order valence-corrected chi connectivity index (χ1v) is 11.8. The molecule has 0 radical (unpaired) electrons. The van der Waals surface area contributed by atoms with E-state index in [4.69, 9.17) is 14.2 Å². The summed E-state index contributed by atoms with van der Waals surface area (Å²) in [5, 5.41) is 12.2. The summed E-state index contributed by atoms with van der Waals surface area (Å²) in [5.41, 5.74) is 1.49. The zero-order valence-corrected chi connectivity index (χ0v) is 21.6. The van der Waals surface area contributed by atoms with Gasteiger partial charge in [0.25, 0.3) is 5.91 Å². The lowest BCUT2D eigenvalue weighted by molar-refractivity contribution is -0.112. The van der Waals surface area contributed by atoms with Gasteiger partial charge in [-0.2, -0.15) is 5.26 Å². The third kappa shape index (κ3) is 6.70. The molecular weight excluding hydrogens is 575 g/mol. The molecule has 1 N–H and O–H groups in total. The number of carbonyl (C=O) groups is 3. The van der Waals surface area contributed by atoms with E-state index in [1.165, 1.54) is 25.3 Å². The standard InChI is InChI=1S/C27H21IN2O6/c1-3-35-26(32)19-9-11-21(12-10-19)30-25(31)20(16-29)13-17-14-22(28)24(23(15-17)34-2)36-27(33)18-7-5-4-6-8-18/h4-15H,3H2,1-2H3,(H,30,31)/b20-13+. The van der Waals surface area contributed by atoms with Crippen molar-refractivity contribution in [2.24, 2.45) is 0 Å². The summed E-state index contributed by atoms with van der Waals surface area (Å²) in [6.45, 7) is 1.97. The molecule has 0 saturated heterocycles. The molecule has 0 unspecified atom stereocenters. The van der Waals surface area contributed by atoms with E-state index in [0.29, 0.717) is 25.9 Å². The van der Waals surface area contributed by atoms with Gasteiger partial charge in [-0.15, -0.1) is 0 Å². The minimum Gasteiger partial charge on any atom is -0.493 e. The number of rotatable bonds is 8. The van der Waals surface area contributed by atoms with E-state index >= 15 is 0 Å². The van der Waals surface area contributed by atoms with Crippen LogP contribution in [0.5, 0.6) is 11.5 Å². The van der Waals surface area contributed by atoms with Crippen LogP contribution in [-0.4, -0.2) is 31.6 Å². The number of halogens is 1. The predicted octanol–water partition coefficient (Wildman–Crippen LogP) is 5.24. The average molecular weight is 596 g/mol. The Labute approximate surface area is 221 Å². The molecule has 0 aliphatic carbocycles. The number of esters is 2. The van der Waals surface area contributed by atoms with E-state index in [2.05, 4.69) is 5.32 Å². The van der Waals surface area contributed by atoms with Crippen molar-refractivity contribution in [2.75, 3.05) is 19.0 Å². The van der Waals surface area contributed by atoms with E-state index in [0.717, 1.165) is 0 Å². The Hall–Kier alpha value is -4.17. The van der Waals surface area contributed by atoms with Crippen molar-refractivity contribution in [1.82, 2.24) is 0 Å². The molecule has 0 atom stereocenters. The van der Waals surface area contributed by atoms with Gasteiger partial charge in [0.2, 0.25) is 0 Å². The summed E-state index contributed by atoms with van der Waals surface area (Å²) in [6.07, 6.45) is 1.40. The third-order valence-corrected chi connectivity index (χ3v) is 5.59. The molecule has 0 spiro atoms. The second-order valence-electron chi connectivity index (χ2n) is 7.21. The van der Waals surface area contributed by atoms with Gasteiger partial charge in [-0.25, -0.2) is 9.59 Å². The maximum Gasteiger partial charge on any atom is 0.343 e. The molecule has 0 aliphatic rings. The van der Waals surface area contributed by atoms with Crippen LogP contribution in [-0.2, 0) is 9.53 Å². The molecule has 0 aromatic heterocycles. The van der Waals surface area contributed by atoms with Crippen LogP contribution in [0.4, 0.5) is 5.69 Å². The van der Waals surface area contributed by atoms with E-state index in [1.54, 1.807) is 61.5 Å². The van der Waals surface area contributed by atoms with Gasteiger partial charge in [0.05, 0.1) is 28.4 Å². The SMILES string of the molecule is CCOC(=O)c1ccc(NC(=O)/C(C#N)=C/c2cc(I)c(OC(=O)c3ccccc3)c(OC)c2)cc1. The summed E-state index contributed by atoms with van der Waals surface area (Å²) in [4.78, 5) is 36.9. The molecule has 3 rings (SSSR count). The van der Waals surface area contributed by atoms with E-state index in [9.17, 15) is 19.6 Å². The highest BCUT2D eigenvalue weighted by Gasteiger charge is 2.18. The van der Waals surface area contributed by atoms with Crippen LogP contribution in [0.15, 0.2) is 72.3 Å². The van der Waals surface area contributed by atoms with Crippen molar-refractivity contribution in [3.8, 4) is 17.6 Å². The second kappa shape index (κ2) is 12.5. The third-order valence-electron chi connectivity index (χ3n) is 4.79. The first-order chi connectivity index (χ1) is 17.4. The smallest absolute Gasteiger partial charge is 0.343 e. The molecular formula is C27H21IN2O6. The zero-order valence-electron chi connectivity index (χ0n) is 19.4. The molecule has 0 saturated carbocycles. The zero-order chi connectivity index (χ0) is 26.1. The number of hydrogen-bond acceptors (Lipinski definition) is 7. The van der Waals surface area contributed by atoms with E-state index < -0.39 is 17.8 Å². The number of nitrogens with zero attached hydrogens (tertiary/aromatic N) is 1. The monoisotopic (exact) mass is 596 g/mol. The lowest BCUT2D eigenvalue weighted by Crippen LogP contribution is -2.14. The molecule has 9 heteroatoms. The minimum absolute atomic E-state index is 0.156. The number of amides is 1. The van der Waals surface area contributed by atoms with Crippen LogP contribution in [0.25, 0.3) is 6.08 Å². The van der Waals surface area contributed by atoms with Gasteiger partial charge in [0, 0.05) is 5.69 Å². The number of nitriles is 1. The second-order valence-corrected chi connectivity index (χ2v) is 8.37. The molecule has 8 nitrogen and oxygen atoms in total. The van der Waals surface area contributed by atoms with Crippen molar-refractivity contribution in [3.63, 3.8) is 0 Å². The number of hydrogen-bond donors (Lipinski definition) is 1. The highest BCUT2D eigenvalue weighted by atomic mass is 127. The van der Waals surface area contributed by atoms with Crippen LogP contribution in [0, 0.1) is 14.9 Å². The van der Waals surface area contributed by atoms with Crippen molar-refractivity contribution in [3.05, 3.63) is 92.6 Å². The van der Waals surface area contributed by atoms with Crippen LogP contribution in [0.1, 0.15) is 33.2 Å². The van der Waals surface area contributed by atoms with E-state index in [-0.39, 0.29) is 23.7 Å². The molecule has 3 aromatic rings. The summed E-state index contributed by atoms with van der Waals surface area (Å²) in [5.74, 6) is -1.14. The van der Waals surface area contributed by atoms with Gasteiger partial charge >= 0.3 is 11.9 Å². The Kier molecular flexibility index (Phi) is 9.19. The lowest BCUT2D eigenvalue weighted by Gasteiger charge is -2.12. The number of benzene rings is 3. The lowest BCUT2D eigenvalue weighted by atomic mass is 10.1. The first kappa shape index (κ1) is 26.4. The normalized spacial score (nSPS) is 10.7. The number of nitrogens with one attached hydrogen (secondary N) is 1. The van der Waals surface area contributed by atoms with Crippen LogP contribution < -0.4 is 14.8 Å². The topological polar surface area (TPSA) is 115 Å². The van der Waals surface area contributed by atoms with Gasteiger partial charge < -0.3 is 19.5 Å². The average Bonchev–Trinajstić information content (AvgIpc) is 2.89. The molecule has 0 heterocycles. The molecule has 0 aliphatic heterocycles. The molecule has 3 aromatic carbocycles. The maximum absolute atomic E-state index is 12.7. The Morgan fingerprint density at radius 1 is 1.00 bits per heavy atom. The van der Waals surface area contributed by atoms with Crippen LogP contribution >= 0.6 is 22.6 Å². The molecule has 0 fully saturated rings. The van der Waals surface area contributed by atoms with Crippen molar-refractivity contribution in [1.29, 1.82) is 5.26 Å². The summed E-state index contributed by atoms with van der Waals surface area (Å²) in [7, 11) is 1.43. The first-order valence-electron chi connectivity index (χ1n) is 10.7. The molecule has 36 heavy (non-hydrogen) atoms. The summed E-state index contributed by atoms with van der Waals surface area (Å²) in [6, 6.07) is 19.8. The number of methoxy groups -OCH3 is 1. The van der Waals surface area contributed by atoms with Crippen molar-refractivity contribution < 1.29 is 28.6 Å². The van der Waals surface area contributed by atoms with Gasteiger partial charge in [-0.3, -0.25) is 4.79 Å². The van der Waals surface area contributed by atoms with Crippen LogP contribution in [0.3, 0.4) is 0 Å². The Balaban J connectivity index is 1.79. The number of anilines is 1. The molecule has 0 bridgehead atoms. The summed E-state index contributed by atoms with van der Waals surface area (Å²) >= 11 is 1.99. The number of ether oxygens (including phenoxy) is 3. The van der Waals surface area contributed by atoms with Gasteiger partial charge in [-0.05, 0) is 89.7 Å². The quantitative estimate of drug-likeness (QED) is 0.124. The van der Waals surface area contributed by atoms with Crippen LogP contribution in [0.2, 0.25) is 0 Å². The number of carbonyl (C=O) groups excluding carboxylic acids is 3. The maximum atomic E-state index is 12.7. The fraction of sp³-hybridized carbons (Fsp3) is 0.111. The van der Waals surface area contributed by atoms with Crippen molar-refractivity contribution >= 4 is 52.2 Å². The fourth-order valence-electron chi connectivity index (χ4n) is 3.07. The van der Waals surface area contributed by atoms with Gasteiger partial charge in [0.15, 0.2) is 11.5 Å². The molecule has 1 amide bonds. The van der Waals surface area contributed by atoms with Gasteiger partial charge in [0.1, 0.15) is 11.6 Å². The van der Waals surface area contributed by atoms with Crippen molar-refractivity contribution in [2.45, 2.75) is 6.92 Å². The Bertz CT molecular complexity index is 1350. The highest BCUT2D eigenvalue weighted by molar-refractivity contribution is 14.1.